The van der Waals surface area contributed by atoms with Crippen LogP contribution < -0.4 is 0 Å². The van der Waals surface area contributed by atoms with E-state index in [0.717, 1.165) is 6.07 Å². The maximum absolute atomic E-state index is 12.8. The Kier molecular flexibility index (Phi) is 2.07. The van der Waals surface area contributed by atoms with Gasteiger partial charge in [0.25, 0.3) is 0 Å². The van der Waals surface area contributed by atoms with Crippen molar-refractivity contribution in [3.8, 4) is 5.75 Å². The third kappa shape index (κ3) is 1.63. The van der Waals surface area contributed by atoms with Crippen LogP contribution >= 0.6 is 0 Å². The van der Waals surface area contributed by atoms with E-state index in [4.69, 9.17) is 9.52 Å². The van der Waals surface area contributed by atoms with Gasteiger partial charge in [0.05, 0.1) is 5.39 Å². The smallest absolute Gasteiger partial charge is 0.311 e. The van der Waals surface area contributed by atoms with Gasteiger partial charge in [0.15, 0.2) is 11.5 Å². The van der Waals surface area contributed by atoms with Crippen molar-refractivity contribution in [3.63, 3.8) is 0 Å². The highest BCUT2D eigenvalue weighted by Crippen LogP contribution is 2.32. The molecule has 2 aromatic rings. The van der Waals surface area contributed by atoms with Crippen molar-refractivity contribution in [1.29, 1.82) is 0 Å². The largest absolute Gasteiger partial charge is 0.504 e. The Morgan fingerprint density at radius 2 is 2.20 bits per heavy atom. The zero-order chi connectivity index (χ0) is 11.0. The number of fused-ring (bicyclic) bond motifs is 1. The second-order valence-corrected chi connectivity index (χ2v) is 3.08. The molecule has 0 saturated carbocycles. The third-order valence-corrected chi connectivity index (χ3v) is 2.01. The summed E-state index contributed by atoms with van der Waals surface area (Å²) in [6.07, 6.45) is -0.428. The minimum Gasteiger partial charge on any atom is -0.504 e. The summed E-state index contributed by atoms with van der Waals surface area (Å²) < 4.78 is 17.8. The van der Waals surface area contributed by atoms with E-state index in [1.807, 2.05) is 0 Å². The molecule has 1 aromatic carbocycles. The van der Waals surface area contributed by atoms with E-state index in [1.54, 1.807) is 0 Å². The fourth-order valence-electron chi connectivity index (χ4n) is 1.36. The fourth-order valence-corrected chi connectivity index (χ4v) is 1.36. The number of hydrogen-bond donors (Lipinski definition) is 2. The average Bonchev–Trinajstić information content (AvgIpc) is 2.42. The number of aliphatic carboxylic acids is 1. The van der Waals surface area contributed by atoms with Gasteiger partial charge in [-0.3, -0.25) is 4.79 Å². The summed E-state index contributed by atoms with van der Waals surface area (Å²) in [6.45, 7) is 0. The SMILES string of the molecule is O=C(O)Cc1oc2cc(F)ccc2c1O. The molecule has 0 aliphatic heterocycles. The third-order valence-electron chi connectivity index (χ3n) is 2.01. The normalized spacial score (nSPS) is 10.7. The lowest BCUT2D eigenvalue weighted by Crippen LogP contribution is -1.98. The summed E-state index contributed by atoms with van der Waals surface area (Å²) in [5.41, 5.74) is 0.142. The van der Waals surface area contributed by atoms with Crippen molar-refractivity contribution < 1.29 is 23.8 Å². The minimum atomic E-state index is -1.12. The number of halogens is 1. The fraction of sp³-hybridized carbons (Fsp3) is 0.100. The highest BCUT2D eigenvalue weighted by Gasteiger charge is 2.15. The molecule has 0 saturated heterocycles. The Balaban J connectivity index is 2.58. The molecule has 0 spiro atoms. The molecule has 15 heavy (non-hydrogen) atoms. The molecule has 1 heterocycles. The maximum Gasteiger partial charge on any atom is 0.311 e. The summed E-state index contributed by atoms with van der Waals surface area (Å²) >= 11 is 0. The quantitative estimate of drug-likeness (QED) is 0.794. The highest BCUT2D eigenvalue weighted by molar-refractivity contribution is 5.86. The topological polar surface area (TPSA) is 70.7 Å². The van der Waals surface area contributed by atoms with Gasteiger partial charge in [-0.15, -0.1) is 0 Å². The van der Waals surface area contributed by atoms with Gasteiger partial charge in [0, 0.05) is 6.07 Å². The molecule has 78 valence electrons. The van der Waals surface area contributed by atoms with E-state index >= 15 is 0 Å². The van der Waals surface area contributed by atoms with Crippen molar-refractivity contribution in [1.82, 2.24) is 0 Å². The van der Waals surface area contributed by atoms with Crippen LogP contribution in [-0.4, -0.2) is 16.2 Å². The summed E-state index contributed by atoms with van der Waals surface area (Å²) in [4.78, 5) is 10.4. The average molecular weight is 210 g/mol. The Labute approximate surface area is 83.6 Å². The Morgan fingerprint density at radius 1 is 1.47 bits per heavy atom. The van der Waals surface area contributed by atoms with E-state index < -0.39 is 18.2 Å². The first kappa shape index (κ1) is 9.51. The van der Waals surface area contributed by atoms with Crippen molar-refractivity contribution in [2.75, 3.05) is 0 Å². The summed E-state index contributed by atoms with van der Waals surface area (Å²) in [6, 6.07) is 3.61. The van der Waals surface area contributed by atoms with Crippen LogP contribution in [0.5, 0.6) is 5.75 Å². The molecule has 0 radical (unpaired) electrons. The number of carboxylic acids is 1. The van der Waals surface area contributed by atoms with Gasteiger partial charge < -0.3 is 14.6 Å². The van der Waals surface area contributed by atoms with Gasteiger partial charge in [-0.1, -0.05) is 0 Å². The second-order valence-electron chi connectivity index (χ2n) is 3.08. The van der Waals surface area contributed by atoms with Crippen LogP contribution in [0.1, 0.15) is 5.76 Å². The zero-order valence-electron chi connectivity index (χ0n) is 7.53. The molecule has 2 N–H and O–H groups in total. The molecule has 0 bridgehead atoms. The number of carbonyl (C=O) groups is 1. The van der Waals surface area contributed by atoms with Crippen LogP contribution in [0.3, 0.4) is 0 Å². The number of carboxylic acid groups (broad SMARTS) is 1. The first-order valence-electron chi connectivity index (χ1n) is 4.19. The van der Waals surface area contributed by atoms with Crippen molar-refractivity contribution in [3.05, 3.63) is 29.8 Å². The number of aromatic hydroxyl groups is 1. The standard InChI is InChI=1S/C10H7FO4/c11-5-1-2-6-7(3-5)15-8(10(6)14)4-9(12)13/h1-3,14H,4H2,(H,12,13). The number of hydrogen-bond acceptors (Lipinski definition) is 3. The zero-order valence-corrected chi connectivity index (χ0v) is 7.53. The minimum absolute atomic E-state index is 0.0666. The molecule has 0 atom stereocenters. The predicted molar refractivity (Wildman–Crippen MR) is 49.2 cm³/mol. The monoisotopic (exact) mass is 210 g/mol. The van der Waals surface area contributed by atoms with Gasteiger partial charge in [-0.2, -0.15) is 0 Å². The molecule has 4 nitrogen and oxygen atoms in total. The van der Waals surface area contributed by atoms with Crippen molar-refractivity contribution in [2.24, 2.45) is 0 Å². The van der Waals surface area contributed by atoms with Gasteiger partial charge in [0.1, 0.15) is 17.8 Å². The predicted octanol–water partition coefficient (Wildman–Crippen LogP) is 1.90. The second kappa shape index (κ2) is 3.27. The highest BCUT2D eigenvalue weighted by atomic mass is 19.1. The van der Waals surface area contributed by atoms with Crippen LogP contribution in [0.4, 0.5) is 4.39 Å². The molecule has 0 aliphatic rings. The van der Waals surface area contributed by atoms with E-state index in [9.17, 15) is 14.3 Å². The van der Waals surface area contributed by atoms with Crippen LogP contribution in [0.15, 0.2) is 22.6 Å². The lowest BCUT2D eigenvalue weighted by molar-refractivity contribution is -0.136. The van der Waals surface area contributed by atoms with E-state index in [0.29, 0.717) is 5.39 Å². The summed E-state index contributed by atoms with van der Waals surface area (Å²) in [5.74, 6) is -1.93. The van der Waals surface area contributed by atoms with E-state index in [1.165, 1.54) is 12.1 Å². The maximum atomic E-state index is 12.8. The Bertz CT molecular complexity index is 529. The number of rotatable bonds is 2. The lowest BCUT2D eigenvalue weighted by Gasteiger charge is -1.90. The Morgan fingerprint density at radius 3 is 2.87 bits per heavy atom. The molecular formula is C10H7FO4. The van der Waals surface area contributed by atoms with Crippen LogP contribution in [-0.2, 0) is 11.2 Å². The Hall–Kier alpha value is -2.04. The molecule has 0 unspecified atom stereocenters. The van der Waals surface area contributed by atoms with Gasteiger partial charge >= 0.3 is 5.97 Å². The van der Waals surface area contributed by atoms with Crippen molar-refractivity contribution >= 4 is 16.9 Å². The van der Waals surface area contributed by atoms with Crippen molar-refractivity contribution in [2.45, 2.75) is 6.42 Å². The van der Waals surface area contributed by atoms with Gasteiger partial charge in [0.2, 0.25) is 0 Å². The molecule has 0 aliphatic carbocycles. The van der Waals surface area contributed by atoms with Crippen LogP contribution in [0.25, 0.3) is 11.0 Å². The first-order chi connectivity index (χ1) is 7.08. The molecule has 0 fully saturated rings. The number of furan rings is 1. The molecule has 0 amide bonds. The molecular weight excluding hydrogens is 203 g/mol. The summed E-state index contributed by atoms with van der Waals surface area (Å²) in [5, 5.41) is 18.4. The van der Waals surface area contributed by atoms with E-state index in [-0.39, 0.29) is 17.1 Å². The van der Waals surface area contributed by atoms with Crippen LogP contribution in [0.2, 0.25) is 0 Å². The molecule has 5 heteroatoms. The lowest BCUT2D eigenvalue weighted by atomic mass is 10.2. The first-order valence-corrected chi connectivity index (χ1v) is 4.19. The van der Waals surface area contributed by atoms with Gasteiger partial charge in [-0.25, -0.2) is 4.39 Å². The van der Waals surface area contributed by atoms with Gasteiger partial charge in [-0.05, 0) is 12.1 Å². The van der Waals surface area contributed by atoms with Crippen LogP contribution in [0, 0.1) is 5.82 Å². The molecule has 1 aromatic heterocycles. The van der Waals surface area contributed by atoms with E-state index in [2.05, 4.69) is 0 Å². The molecule has 2 rings (SSSR count). The summed E-state index contributed by atoms with van der Waals surface area (Å²) in [7, 11) is 0. The number of benzene rings is 1.